The first kappa shape index (κ1) is 19.1. The molecule has 0 bridgehead atoms. The van der Waals surface area contributed by atoms with Crippen LogP contribution in [0, 0.1) is 6.92 Å². The van der Waals surface area contributed by atoms with Gasteiger partial charge in [0.05, 0.1) is 7.11 Å². The molecule has 28 heavy (non-hydrogen) atoms. The lowest BCUT2D eigenvalue weighted by Gasteiger charge is -2.08. The van der Waals surface area contributed by atoms with Gasteiger partial charge in [0.25, 0.3) is 5.91 Å². The lowest BCUT2D eigenvalue weighted by molar-refractivity contribution is -0.121. The number of ether oxygens (including phenoxy) is 1. The maximum absolute atomic E-state index is 12.1. The van der Waals surface area contributed by atoms with Crippen LogP contribution in [0.4, 0.5) is 0 Å². The van der Waals surface area contributed by atoms with Gasteiger partial charge in [0.1, 0.15) is 5.75 Å². The highest BCUT2D eigenvalue weighted by Gasteiger charge is 2.12. The Bertz CT molecular complexity index is 966. The summed E-state index contributed by atoms with van der Waals surface area (Å²) < 4.78 is 10.3. The number of hydrazine groups is 1. The molecule has 3 rings (SSSR count). The van der Waals surface area contributed by atoms with E-state index in [1.54, 1.807) is 31.4 Å². The van der Waals surface area contributed by atoms with Crippen LogP contribution in [0.1, 0.15) is 28.2 Å². The fraction of sp³-hybridized carbons (Fsp3) is 0.200. The average Bonchev–Trinajstić information content (AvgIpc) is 3.20. The molecule has 0 saturated heterocycles. The summed E-state index contributed by atoms with van der Waals surface area (Å²) in [5.41, 5.74) is 6.90. The Kier molecular flexibility index (Phi) is 6.01. The second kappa shape index (κ2) is 8.81. The molecule has 0 atom stereocenters. The van der Waals surface area contributed by atoms with Crippen molar-refractivity contribution in [2.24, 2.45) is 0 Å². The Morgan fingerprint density at radius 3 is 2.54 bits per heavy atom. The molecule has 8 heteroatoms. The Hall–Kier alpha value is -3.68. The van der Waals surface area contributed by atoms with Crippen molar-refractivity contribution in [3.8, 4) is 17.1 Å². The molecular weight excluding hydrogens is 360 g/mol. The van der Waals surface area contributed by atoms with Crippen LogP contribution >= 0.6 is 0 Å². The van der Waals surface area contributed by atoms with Gasteiger partial charge in [-0.3, -0.25) is 20.4 Å². The fourth-order valence-electron chi connectivity index (χ4n) is 2.52. The van der Waals surface area contributed by atoms with Crippen LogP contribution in [0.2, 0.25) is 0 Å². The Labute approximate surface area is 161 Å². The van der Waals surface area contributed by atoms with Crippen molar-refractivity contribution >= 4 is 11.8 Å². The third-order valence-corrected chi connectivity index (χ3v) is 4.09. The molecule has 144 valence electrons. The topological polar surface area (TPSA) is 106 Å². The van der Waals surface area contributed by atoms with Crippen molar-refractivity contribution in [3.05, 3.63) is 65.5 Å². The highest BCUT2D eigenvalue weighted by molar-refractivity contribution is 5.96. The highest BCUT2D eigenvalue weighted by atomic mass is 16.5. The molecule has 0 aliphatic heterocycles. The minimum absolute atomic E-state index is 0.0955. The number of hydrogen-bond donors (Lipinski definition) is 2. The summed E-state index contributed by atoms with van der Waals surface area (Å²) in [5, 5.41) is 3.92. The molecule has 1 aromatic heterocycles. The number of nitrogens with one attached hydrogen (secondary N) is 2. The fourth-order valence-corrected chi connectivity index (χ4v) is 2.52. The second-order valence-corrected chi connectivity index (χ2v) is 6.06. The number of aromatic nitrogens is 2. The number of nitrogens with zero attached hydrogens (tertiary/aromatic N) is 2. The standard InChI is InChI=1S/C20H20N4O4/c1-13-5-3-4-6-16(13)20(26)23-22-17(25)11-12-18-21-19(24-28-18)14-7-9-15(27-2)10-8-14/h3-10H,11-12H2,1-2H3,(H,22,25)(H,23,26). The van der Waals surface area contributed by atoms with E-state index in [4.69, 9.17) is 9.26 Å². The van der Waals surface area contributed by atoms with Gasteiger partial charge in [0.2, 0.25) is 17.6 Å². The summed E-state index contributed by atoms with van der Waals surface area (Å²) in [7, 11) is 1.59. The second-order valence-electron chi connectivity index (χ2n) is 6.06. The van der Waals surface area contributed by atoms with Crippen LogP contribution in [-0.2, 0) is 11.2 Å². The largest absolute Gasteiger partial charge is 0.497 e. The number of methoxy groups -OCH3 is 1. The zero-order chi connectivity index (χ0) is 19.9. The summed E-state index contributed by atoms with van der Waals surface area (Å²) in [6.07, 6.45) is 0.355. The van der Waals surface area contributed by atoms with Gasteiger partial charge in [-0.25, -0.2) is 0 Å². The zero-order valence-corrected chi connectivity index (χ0v) is 15.6. The SMILES string of the molecule is COc1ccc(-c2noc(CCC(=O)NNC(=O)c3ccccc3C)n2)cc1. The van der Waals surface area contributed by atoms with E-state index in [2.05, 4.69) is 21.0 Å². The van der Waals surface area contributed by atoms with Crippen molar-refractivity contribution in [3.63, 3.8) is 0 Å². The van der Waals surface area contributed by atoms with Crippen molar-refractivity contribution in [2.45, 2.75) is 19.8 Å². The molecule has 1 heterocycles. The minimum atomic E-state index is -0.369. The average molecular weight is 380 g/mol. The monoisotopic (exact) mass is 380 g/mol. The van der Waals surface area contributed by atoms with Crippen molar-refractivity contribution in [1.82, 2.24) is 21.0 Å². The Morgan fingerprint density at radius 2 is 1.82 bits per heavy atom. The quantitative estimate of drug-likeness (QED) is 0.636. The molecule has 0 fully saturated rings. The first-order valence-corrected chi connectivity index (χ1v) is 8.68. The van der Waals surface area contributed by atoms with E-state index in [-0.39, 0.29) is 24.7 Å². The number of carbonyl (C=O) groups excluding carboxylic acids is 2. The van der Waals surface area contributed by atoms with Gasteiger partial charge in [0, 0.05) is 24.0 Å². The molecule has 8 nitrogen and oxygen atoms in total. The maximum Gasteiger partial charge on any atom is 0.269 e. The van der Waals surface area contributed by atoms with E-state index in [0.717, 1.165) is 16.9 Å². The van der Waals surface area contributed by atoms with E-state index in [9.17, 15) is 9.59 Å². The van der Waals surface area contributed by atoms with E-state index in [1.165, 1.54) is 0 Å². The van der Waals surface area contributed by atoms with E-state index >= 15 is 0 Å². The molecule has 2 N–H and O–H groups in total. The summed E-state index contributed by atoms with van der Waals surface area (Å²) >= 11 is 0. The molecule has 0 radical (unpaired) electrons. The van der Waals surface area contributed by atoms with E-state index < -0.39 is 0 Å². The van der Waals surface area contributed by atoms with Gasteiger partial charge in [-0.15, -0.1) is 0 Å². The molecule has 0 unspecified atom stereocenters. The van der Waals surface area contributed by atoms with Crippen LogP contribution in [0.3, 0.4) is 0 Å². The Morgan fingerprint density at radius 1 is 1.07 bits per heavy atom. The Balaban J connectivity index is 1.49. The first-order valence-electron chi connectivity index (χ1n) is 8.68. The van der Waals surface area contributed by atoms with Gasteiger partial charge in [-0.05, 0) is 42.8 Å². The van der Waals surface area contributed by atoms with Gasteiger partial charge in [-0.2, -0.15) is 4.98 Å². The van der Waals surface area contributed by atoms with Gasteiger partial charge in [0.15, 0.2) is 0 Å². The number of carbonyl (C=O) groups is 2. The summed E-state index contributed by atoms with van der Waals surface area (Å²) in [4.78, 5) is 28.3. The maximum atomic E-state index is 12.1. The normalized spacial score (nSPS) is 10.4. The molecular formula is C20H20N4O4. The van der Waals surface area contributed by atoms with E-state index in [1.807, 2.05) is 31.2 Å². The molecule has 0 saturated carbocycles. The molecule has 0 spiro atoms. The predicted molar refractivity (Wildman–Crippen MR) is 101 cm³/mol. The molecule has 3 aromatic rings. The lowest BCUT2D eigenvalue weighted by Crippen LogP contribution is -2.41. The third kappa shape index (κ3) is 4.73. The third-order valence-electron chi connectivity index (χ3n) is 4.09. The number of amides is 2. The highest BCUT2D eigenvalue weighted by Crippen LogP contribution is 2.19. The molecule has 0 aliphatic carbocycles. The van der Waals surface area contributed by atoms with Gasteiger partial charge < -0.3 is 9.26 Å². The number of rotatable bonds is 6. The van der Waals surface area contributed by atoms with Crippen LogP contribution in [0.5, 0.6) is 5.75 Å². The van der Waals surface area contributed by atoms with Crippen LogP contribution in [-0.4, -0.2) is 29.1 Å². The van der Waals surface area contributed by atoms with E-state index in [0.29, 0.717) is 17.3 Å². The van der Waals surface area contributed by atoms with Crippen LogP contribution in [0.15, 0.2) is 53.1 Å². The van der Waals surface area contributed by atoms with Crippen LogP contribution < -0.4 is 15.6 Å². The summed E-state index contributed by atoms with van der Waals surface area (Å²) in [5.74, 6) is 0.783. The molecule has 2 amide bonds. The predicted octanol–water partition coefficient (Wildman–Crippen LogP) is 2.45. The summed E-state index contributed by atoms with van der Waals surface area (Å²) in [6, 6.07) is 14.4. The van der Waals surface area contributed by atoms with Crippen molar-refractivity contribution < 1.29 is 18.8 Å². The minimum Gasteiger partial charge on any atom is -0.497 e. The van der Waals surface area contributed by atoms with Gasteiger partial charge >= 0.3 is 0 Å². The van der Waals surface area contributed by atoms with Crippen molar-refractivity contribution in [2.75, 3.05) is 7.11 Å². The summed E-state index contributed by atoms with van der Waals surface area (Å²) in [6.45, 7) is 1.83. The number of aryl methyl sites for hydroxylation is 2. The smallest absolute Gasteiger partial charge is 0.269 e. The van der Waals surface area contributed by atoms with Crippen molar-refractivity contribution in [1.29, 1.82) is 0 Å². The van der Waals surface area contributed by atoms with Gasteiger partial charge in [-0.1, -0.05) is 23.4 Å². The first-order chi connectivity index (χ1) is 13.6. The molecule has 0 aliphatic rings. The zero-order valence-electron chi connectivity index (χ0n) is 15.6. The lowest BCUT2D eigenvalue weighted by atomic mass is 10.1. The van der Waals surface area contributed by atoms with Crippen LogP contribution in [0.25, 0.3) is 11.4 Å². The number of benzene rings is 2. The number of hydrogen-bond acceptors (Lipinski definition) is 6. The molecule has 2 aromatic carbocycles.